The number of alkyl halides is 3. The summed E-state index contributed by atoms with van der Waals surface area (Å²) >= 11 is 0. The summed E-state index contributed by atoms with van der Waals surface area (Å²) in [5, 5.41) is 11.8. The molecule has 1 saturated heterocycles. The summed E-state index contributed by atoms with van der Waals surface area (Å²) in [4.78, 5) is 14.5. The molecule has 1 aliphatic rings. The number of nitrogens with one attached hydrogen (secondary N) is 1. The largest absolute Gasteiger partial charge is 0.478 e. The van der Waals surface area contributed by atoms with Crippen molar-refractivity contribution in [2.45, 2.75) is 38.1 Å². The van der Waals surface area contributed by atoms with E-state index in [4.69, 9.17) is 9.84 Å². The van der Waals surface area contributed by atoms with Crippen LogP contribution in [0.15, 0.2) is 12.1 Å². The zero-order chi connectivity index (χ0) is 15.6. The molecule has 8 heteroatoms. The number of aromatic nitrogens is 1. The van der Waals surface area contributed by atoms with E-state index in [9.17, 15) is 18.0 Å². The van der Waals surface area contributed by atoms with E-state index in [1.807, 2.05) is 0 Å². The number of rotatable bonds is 4. The number of ether oxygens (including phenoxy) is 1. The molecule has 1 aliphatic heterocycles. The van der Waals surface area contributed by atoms with Crippen molar-refractivity contribution in [3.8, 4) is 0 Å². The first-order valence-electron chi connectivity index (χ1n) is 6.48. The zero-order valence-electron chi connectivity index (χ0n) is 11.3. The van der Waals surface area contributed by atoms with Crippen molar-refractivity contribution < 1.29 is 27.8 Å². The Kier molecular flexibility index (Phi) is 4.36. The van der Waals surface area contributed by atoms with E-state index in [0.717, 1.165) is 18.9 Å². The van der Waals surface area contributed by atoms with E-state index in [0.29, 0.717) is 12.7 Å². The van der Waals surface area contributed by atoms with Crippen LogP contribution < -0.4 is 5.32 Å². The summed E-state index contributed by atoms with van der Waals surface area (Å²) in [5.74, 6) is -1.63. The average molecular weight is 304 g/mol. The van der Waals surface area contributed by atoms with Crippen molar-refractivity contribution in [1.29, 1.82) is 0 Å². The SMILES string of the molecule is CC(Nc1nc(C(F)(F)F)ccc1C(=O)O)C1CCCO1. The van der Waals surface area contributed by atoms with E-state index in [-0.39, 0.29) is 23.5 Å². The third-order valence-corrected chi connectivity index (χ3v) is 3.30. The third-order valence-electron chi connectivity index (χ3n) is 3.30. The Morgan fingerprint density at radius 3 is 2.76 bits per heavy atom. The molecule has 2 unspecified atom stereocenters. The molecule has 116 valence electrons. The molecule has 0 radical (unpaired) electrons. The highest BCUT2D eigenvalue weighted by Crippen LogP contribution is 2.30. The molecule has 0 amide bonds. The Morgan fingerprint density at radius 1 is 1.52 bits per heavy atom. The van der Waals surface area contributed by atoms with Gasteiger partial charge in [-0.05, 0) is 31.9 Å². The summed E-state index contributed by atoms with van der Waals surface area (Å²) in [6.07, 6.45) is -3.14. The number of nitrogens with zero attached hydrogens (tertiary/aromatic N) is 1. The molecule has 2 atom stereocenters. The Hall–Kier alpha value is -1.83. The summed E-state index contributed by atoms with van der Waals surface area (Å²) in [5.41, 5.74) is -1.43. The Balaban J connectivity index is 2.27. The number of carboxylic acids is 1. The van der Waals surface area contributed by atoms with Gasteiger partial charge in [-0.15, -0.1) is 0 Å². The molecular formula is C13H15F3N2O3. The van der Waals surface area contributed by atoms with Gasteiger partial charge < -0.3 is 15.2 Å². The monoisotopic (exact) mass is 304 g/mol. The fourth-order valence-electron chi connectivity index (χ4n) is 2.21. The quantitative estimate of drug-likeness (QED) is 0.895. The van der Waals surface area contributed by atoms with Crippen LogP contribution in [0.4, 0.5) is 19.0 Å². The van der Waals surface area contributed by atoms with Gasteiger partial charge in [0, 0.05) is 6.61 Å². The van der Waals surface area contributed by atoms with E-state index < -0.39 is 17.8 Å². The number of aromatic carboxylic acids is 1. The van der Waals surface area contributed by atoms with Gasteiger partial charge in [-0.3, -0.25) is 0 Å². The van der Waals surface area contributed by atoms with Crippen LogP contribution in [0.2, 0.25) is 0 Å². The predicted octanol–water partition coefficient (Wildman–Crippen LogP) is 2.78. The van der Waals surface area contributed by atoms with Crippen molar-refractivity contribution in [2.75, 3.05) is 11.9 Å². The van der Waals surface area contributed by atoms with Gasteiger partial charge in [0.1, 0.15) is 17.1 Å². The highest BCUT2D eigenvalue weighted by Gasteiger charge is 2.34. The summed E-state index contributed by atoms with van der Waals surface area (Å²) in [7, 11) is 0. The molecule has 1 aromatic heterocycles. The van der Waals surface area contributed by atoms with Crippen molar-refractivity contribution in [2.24, 2.45) is 0 Å². The van der Waals surface area contributed by atoms with Crippen LogP contribution in [-0.2, 0) is 10.9 Å². The van der Waals surface area contributed by atoms with Gasteiger partial charge in [-0.1, -0.05) is 0 Å². The lowest BCUT2D eigenvalue weighted by atomic mass is 10.1. The van der Waals surface area contributed by atoms with E-state index >= 15 is 0 Å². The molecule has 0 spiro atoms. The zero-order valence-corrected chi connectivity index (χ0v) is 11.3. The van der Waals surface area contributed by atoms with Gasteiger partial charge in [0.2, 0.25) is 0 Å². The van der Waals surface area contributed by atoms with Crippen molar-refractivity contribution in [3.63, 3.8) is 0 Å². The second-order valence-electron chi connectivity index (χ2n) is 4.88. The van der Waals surface area contributed by atoms with Gasteiger partial charge in [0.05, 0.1) is 12.1 Å². The minimum atomic E-state index is -4.62. The molecule has 2 heterocycles. The number of hydrogen-bond donors (Lipinski definition) is 2. The molecule has 1 aromatic rings. The smallest absolute Gasteiger partial charge is 0.433 e. The van der Waals surface area contributed by atoms with Crippen LogP contribution in [0, 0.1) is 0 Å². The van der Waals surface area contributed by atoms with Gasteiger partial charge in [0.15, 0.2) is 0 Å². The van der Waals surface area contributed by atoms with Crippen LogP contribution in [-0.4, -0.2) is 34.8 Å². The molecule has 2 rings (SSSR count). The second kappa shape index (κ2) is 5.88. The molecule has 2 N–H and O–H groups in total. The Labute approximate surface area is 119 Å². The number of pyridine rings is 1. The number of halogens is 3. The minimum absolute atomic E-state index is 0.164. The fourth-order valence-corrected chi connectivity index (χ4v) is 2.21. The topological polar surface area (TPSA) is 71.5 Å². The summed E-state index contributed by atoms with van der Waals surface area (Å²) in [6.45, 7) is 2.32. The molecule has 1 fully saturated rings. The first-order chi connectivity index (χ1) is 9.79. The maximum Gasteiger partial charge on any atom is 0.433 e. The molecule has 0 bridgehead atoms. The van der Waals surface area contributed by atoms with Gasteiger partial charge >= 0.3 is 12.1 Å². The highest BCUT2D eigenvalue weighted by atomic mass is 19.4. The molecule has 5 nitrogen and oxygen atoms in total. The standard InChI is InChI=1S/C13H15F3N2O3/c1-7(9-3-2-6-21-9)17-11-8(12(19)20)4-5-10(18-11)13(14,15)16/h4-5,7,9H,2-3,6H2,1H3,(H,17,18)(H,19,20). The Bertz CT molecular complexity index is 528. The number of carboxylic acid groups (broad SMARTS) is 1. The lowest BCUT2D eigenvalue weighted by molar-refractivity contribution is -0.141. The van der Waals surface area contributed by atoms with Crippen LogP contribution in [0.1, 0.15) is 35.8 Å². The number of hydrogen-bond acceptors (Lipinski definition) is 4. The normalized spacial score (nSPS) is 20.3. The third kappa shape index (κ3) is 3.63. The molecular weight excluding hydrogens is 289 g/mol. The van der Waals surface area contributed by atoms with Gasteiger partial charge in [0.25, 0.3) is 0 Å². The molecule has 0 aliphatic carbocycles. The van der Waals surface area contributed by atoms with Crippen molar-refractivity contribution in [1.82, 2.24) is 4.98 Å². The van der Waals surface area contributed by atoms with E-state index in [1.165, 1.54) is 0 Å². The first kappa shape index (κ1) is 15.6. The summed E-state index contributed by atoms with van der Waals surface area (Å²) < 4.78 is 43.5. The van der Waals surface area contributed by atoms with Crippen LogP contribution in [0.3, 0.4) is 0 Å². The maximum atomic E-state index is 12.7. The van der Waals surface area contributed by atoms with E-state index in [1.54, 1.807) is 6.92 Å². The predicted molar refractivity (Wildman–Crippen MR) is 68.3 cm³/mol. The lowest BCUT2D eigenvalue weighted by Crippen LogP contribution is -2.31. The van der Waals surface area contributed by atoms with Crippen molar-refractivity contribution >= 4 is 11.8 Å². The number of carbonyl (C=O) groups is 1. The van der Waals surface area contributed by atoms with Crippen LogP contribution in [0.25, 0.3) is 0 Å². The number of anilines is 1. The Morgan fingerprint density at radius 2 is 2.24 bits per heavy atom. The fraction of sp³-hybridized carbons (Fsp3) is 0.538. The molecule has 0 aromatic carbocycles. The van der Waals surface area contributed by atoms with Crippen LogP contribution >= 0.6 is 0 Å². The molecule has 0 saturated carbocycles. The summed E-state index contributed by atoms with van der Waals surface area (Å²) in [6, 6.07) is 1.23. The van der Waals surface area contributed by atoms with Crippen LogP contribution in [0.5, 0.6) is 0 Å². The van der Waals surface area contributed by atoms with Crippen molar-refractivity contribution in [3.05, 3.63) is 23.4 Å². The van der Waals surface area contributed by atoms with E-state index in [2.05, 4.69) is 10.3 Å². The minimum Gasteiger partial charge on any atom is -0.478 e. The first-order valence-corrected chi connectivity index (χ1v) is 6.48. The maximum absolute atomic E-state index is 12.7. The second-order valence-corrected chi connectivity index (χ2v) is 4.88. The highest BCUT2D eigenvalue weighted by molar-refractivity contribution is 5.93. The van der Waals surface area contributed by atoms with Gasteiger partial charge in [-0.25, -0.2) is 9.78 Å². The lowest BCUT2D eigenvalue weighted by Gasteiger charge is -2.22. The molecule has 21 heavy (non-hydrogen) atoms. The van der Waals surface area contributed by atoms with Gasteiger partial charge in [-0.2, -0.15) is 13.2 Å². The average Bonchev–Trinajstić information content (AvgIpc) is 2.91.